The molecule has 0 radical (unpaired) electrons. The van der Waals surface area contributed by atoms with Crippen LogP contribution >= 0.6 is 12.2 Å². The number of anilines is 1. The second-order valence-corrected chi connectivity index (χ2v) is 8.14. The van der Waals surface area contributed by atoms with Gasteiger partial charge in [-0.25, -0.2) is 4.98 Å². The van der Waals surface area contributed by atoms with Crippen molar-refractivity contribution in [1.29, 1.82) is 0 Å². The molecule has 0 aliphatic heterocycles. The van der Waals surface area contributed by atoms with Crippen LogP contribution in [0.4, 0.5) is 5.69 Å². The molecule has 0 unspecified atom stereocenters. The van der Waals surface area contributed by atoms with E-state index in [1.165, 1.54) is 0 Å². The second-order valence-electron chi connectivity index (χ2n) is 7.73. The van der Waals surface area contributed by atoms with E-state index in [-0.39, 0.29) is 17.6 Å². The van der Waals surface area contributed by atoms with Crippen molar-refractivity contribution in [1.82, 2.24) is 10.3 Å². The Balaban J connectivity index is 1.21. The van der Waals surface area contributed by atoms with Crippen molar-refractivity contribution in [2.75, 3.05) is 19.0 Å². The van der Waals surface area contributed by atoms with Gasteiger partial charge < -0.3 is 19.2 Å². The Morgan fingerprint density at radius 1 is 0.943 bits per heavy atom. The van der Waals surface area contributed by atoms with Crippen LogP contribution in [-0.4, -0.2) is 29.7 Å². The molecular weight excluding hydrogens is 462 g/mol. The molecule has 4 aromatic carbocycles. The van der Waals surface area contributed by atoms with E-state index in [4.69, 9.17) is 26.1 Å². The summed E-state index contributed by atoms with van der Waals surface area (Å²) < 4.78 is 16.5. The number of fused-ring (bicyclic) bond motifs is 2. The lowest BCUT2D eigenvalue weighted by molar-refractivity contribution is -0.121. The lowest BCUT2D eigenvalue weighted by atomic mass is 10.1. The Hall–Kier alpha value is -4.43. The molecule has 5 rings (SSSR count). The normalized spacial score (nSPS) is 10.8. The van der Waals surface area contributed by atoms with E-state index in [1.807, 2.05) is 42.5 Å². The van der Waals surface area contributed by atoms with Gasteiger partial charge in [-0.15, -0.1) is 0 Å². The van der Waals surface area contributed by atoms with E-state index in [9.17, 15) is 4.79 Å². The number of benzene rings is 4. The van der Waals surface area contributed by atoms with Gasteiger partial charge in [0.2, 0.25) is 5.89 Å². The minimum Gasteiger partial charge on any atom is -0.497 e. The zero-order valence-electron chi connectivity index (χ0n) is 18.8. The molecule has 1 heterocycles. The maximum absolute atomic E-state index is 12.2. The van der Waals surface area contributed by atoms with E-state index in [2.05, 4.69) is 33.8 Å². The van der Waals surface area contributed by atoms with Gasteiger partial charge in [-0.3, -0.25) is 10.1 Å². The number of carbonyl (C=O) groups excluding carboxylic acids is 1. The predicted octanol–water partition coefficient (Wildman–Crippen LogP) is 5.55. The Morgan fingerprint density at radius 3 is 2.51 bits per heavy atom. The van der Waals surface area contributed by atoms with Crippen LogP contribution in [0.2, 0.25) is 0 Å². The molecule has 0 aliphatic rings. The van der Waals surface area contributed by atoms with E-state index in [0.717, 1.165) is 16.3 Å². The third kappa shape index (κ3) is 5.23. The van der Waals surface area contributed by atoms with E-state index < -0.39 is 0 Å². The van der Waals surface area contributed by atoms with Crippen molar-refractivity contribution in [3.05, 3.63) is 84.9 Å². The Kier molecular flexibility index (Phi) is 6.28. The van der Waals surface area contributed by atoms with Gasteiger partial charge in [-0.1, -0.05) is 30.3 Å². The minimum absolute atomic E-state index is 0.158. The molecular formula is C27H21N3O4S. The summed E-state index contributed by atoms with van der Waals surface area (Å²) in [6, 6.07) is 26.6. The first-order valence-electron chi connectivity index (χ1n) is 10.8. The van der Waals surface area contributed by atoms with Crippen LogP contribution < -0.4 is 20.1 Å². The zero-order valence-corrected chi connectivity index (χ0v) is 19.6. The molecule has 0 bridgehead atoms. The summed E-state index contributed by atoms with van der Waals surface area (Å²) in [4.78, 5) is 16.8. The number of amides is 1. The first kappa shape index (κ1) is 22.4. The molecule has 1 aromatic heterocycles. The molecule has 0 fully saturated rings. The van der Waals surface area contributed by atoms with Gasteiger partial charge in [0.25, 0.3) is 5.91 Å². The lowest BCUT2D eigenvalue weighted by Crippen LogP contribution is -2.37. The highest BCUT2D eigenvalue weighted by Crippen LogP contribution is 2.28. The first-order valence-corrected chi connectivity index (χ1v) is 11.3. The molecule has 0 atom stereocenters. The number of nitrogens with one attached hydrogen (secondary N) is 2. The average molecular weight is 484 g/mol. The summed E-state index contributed by atoms with van der Waals surface area (Å²) in [5, 5.41) is 8.03. The summed E-state index contributed by atoms with van der Waals surface area (Å²) in [7, 11) is 1.58. The van der Waals surface area contributed by atoms with Gasteiger partial charge in [-0.2, -0.15) is 0 Å². The molecule has 5 aromatic rings. The van der Waals surface area contributed by atoms with E-state index >= 15 is 0 Å². The quantitative estimate of drug-likeness (QED) is 0.306. The summed E-state index contributed by atoms with van der Waals surface area (Å²) in [5.74, 6) is 1.42. The van der Waals surface area contributed by atoms with Gasteiger partial charge >= 0.3 is 0 Å². The van der Waals surface area contributed by atoms with Crippen LogP contribution in [0.15, 0.2) is 89.3 Å². The molecule has 174 valence electrons. The molecule has 8 heteroatoms. The number of nitrogens with zero attached hydrogens (tertiary/aromatic N) is 1. The van der Waals surface area contributed by atoms with Gasteiger partial charge in [0.1, 0.15) is 17.0 Å². The van der Waals surface area contributed by atoms with Gasteiger partial charge in [0.15, 0.2) is 17.3 Å². The number of hydrogen-bond acceptors (Lipinski definition) is 6. The molecule has 0 aliphatic carbocycles. The fourth-order valence-electron chi connectivity index (χ4n) is 3.60. The van der Waals surface area contributed by atoms with Crippen LogP contribution in [0.25, 0.3) is 33.3 Å². The molecule has 0 saturated heterocycles. The van der Waals surface area contributed by atoms with Gasteiger partial charge in [0.05, 0.1) is 7.11 Å². The lowest BCUT2D eigenvalue weighted by Gasteiger charge is -2.10. The topological polar surface area (TPSA) is 85.6 Å². The molecule has 0 spiro atoms. The monoisotopic (exact) mass is 483 g/mol. The molecule has 35 heavy (non-hydrogen) atoms. The van der Waals surface area contributed by atoms with Crippen molar-refractivity contribution in [2.24, 2.45) is 0 Å². The fourth-order valence-corrected chi connectivity index (χ4v) is 3.83. The van der Waals surface area contributed by atoms with Crippen molar-refractivity contribution >= 4 is 50.8 Å². The SMILES string of the molecule is COc1ccc(OCC(=O)NC(=S)Nc2ccc3oc(-c4ccc5ccccc5c4)nc3c2)cc1. The Morgan fingerprint density at radius 2 is 1.71 bits per heavy atom. The molecule has 2 N–H and O–H groups in total. The third-order valence-electron chi connectivity index (χ3n) is 5.32. The molecule has 0 saturated carbocycles. The van der Waals surface area contributed by atoms with Crippen molar-refractivity contribution < 1.29 is 18.7 Å². The minimum atomic E-state index is -0.376. The van der Waals surface area contributed by atoms with Crippen LogP contribution in [-0.2, 0) is 4.79 Å². The van der Waals surface area contributed by atoms with Crippen LogP contribution in [0.3, 0.4) is 0 Å². The smallest absolute Gasteiger partial charge is 0.264 e. The number of aromatic nitrogens is 1. The summed E-state index contributed by atoms with van der Waals surface area (Å²) in [6.45, 7) is -0.175. The first-order chi connectivity index (χ1) is 17.1. The van der Waals surface area contributed by atoms with Crippen LogP contribution in [0.5, 0.6) is 11.5 Å². The van der Waals surface area contributed by atoms with Crippen molar-refractivity contribution in [3.63, 3.8) is 0 Å². The number of carbonyl (C=O) groups is 1. The number of ether oxygens (including phenoxy) is 2. The van der Waals surface area contributed by atoms with Gasteiger partial charge in [0, 0.05) is 11.3 Å². The van der Waals surface area contributed by atoms with Crippen LogP contribution in [0.1, 0.15) is 0 Å². The zero-order chi connectivity index (χ0) is 24.2. The van der Waals surface area contributed by atoms with Crippen molar-refractivity contribution in [2.45, 2.75) is 0 Å². The predicted molar refractivity (Wildman–Crippen MR) is 140 cm³/mol. The summed E-state index contributed by atoms with van der Waals surface area (Å²) >= 11 is 5.27. The second kappa shape index (κ2) is 9.82. The number of rotatable bonds is 6. The number of methoxy groups -OCH3 is 1. The number of oxazole rings is 1. The largest absolute Gasteiger partial charge is 0.497 e. The maximum atomic E-state index is 12.2. The maximum Gasteiger partial charge on any atom is 0.264 e. The highest BCUT2D eigenvalue weighted by Gasteiger charge is 2.11. The van der Waals surface area contributed by atoms with Gasteiger partial charge in [-0.05, 0) is 77.6 Å². The van der Waals surface area contributed by atoms with Crippen molar-refractivity contribution in [3.8, 4) is 23.0 Å². The summed E-state index contributed by atoms with van der Waals surface area (Å²) in [5.41, 5.74) is 2.91. The summed E-state index contributed by atoms with van der Waals surface area (Å²) in [6.07, 6.45) is 0. The van der Waals surface area contributed by atoms with E-state index in [0.29, 0.717) is 34.2 Å². The fraction of sp³-hybridized carbons (Fsp3) is 0.0741. The highest BCUT2D eigenvalue weighted by atomic mass is 32.1. The molecule has 1 amide bonds. The number of thiocarbonyl (C=S) groups is 1. The highest BCUT2D eigenvalue weighted by molar-refractivity contribution is 7.80. The standard InChI is InChI=1S/C27H21N3O4S/c1-32-21-9-11-22(12-10-21)33-16-25(31)30-27(35)28-20-8-13-24-23(15-20)29-26(34-24)19-7-6-17-4-2-3-5-18(17)14-19/h2-15H,16H2,1H3,(H2,28,30,31,35). The number of hydrogen-bond donors (Lipinski definition) is 2. The van der Waals surface area contributed by atoms with E-state index in [1.54, 1.807) is 31.4 Å². The Labute approximate surface area is 206 Å². The Bertz CT molecular complexity index is 1530. The third-order valence-corrected chi connectivity index (χ3v) is 5.53. The average Bonchev–Trinajstić information content (AvgIpc) is 3.31. The van der Waals surface area contributed by atoms with Crippen LogP contribution in [0, 0.1) is 0 Å². The molecule has 7 nitrogen and oxygen atoms in total.